The maximum Gasteiger partial charge on any atom is 0.155 e. The molecule has 0 spiro atoms. The Morgan fingerprint density at radius 2 is 2.24 bits per heavy atom. The van der Waals surface area contributed by atoms with Crippen molar-refractivity contribution in [3.05, 3.63) is 30.0 Å². The molecule has 4 rings (SSSR count). The van der Waals surface area contributed by atoms with Crippen LogP contribution in [0.3, 0.4) is 0 Å². The molecule has 0 bridgehead atoms. The fourth-order valence-corrected chi connectivity index (χ4v) is 5.92. The van der Waals surface area contributed by atoms with Crippen molar-refractivity contribution in [1.29, 1.82) is 0 Å². The minimum atomic E-state index is -2.87. The van der Waals surface area contributed by atoms with Crippen molar-refractivity contribution in [2.45, 2.75) is 37.1 Å². The van der Waals surface area contributed by atoms with E-state index in [0.29, 0.717) is 12.3 Å². The lowest BCUT2D eigenvalue weighted by atomic mass is 10.1. The van der Waals surface area contributed by atoms with E-state index in [1.807, 2.05) is 6.20 Å². The van der Waals surface area contributed by atoms with Crippen molar-refractivity contribution in [1.82, 2.24) is 15.1 Å². The third kappa shape index (κ3) is 2.26. The van der Waals surface area contributed by atoms with E-state index in [-0.39, 0.29) is 11.3 Å². The van der Waals surface area contributed by atoms with Crippen LogP contribution in [0.15, 0.2) is 24.4 Å². The summed E-state index contributed by atoms with van der Waals surface area (Å²) < 4.78 is 24.3. The molecule has 1 saturated heterocycles. The number of nitrogens with zero attached hydrogens (tertiary/aromatic N) is 2. The third-order valence-corrected chi connectivity index (χ3v) is 7.13. The lowest BCUT2D eigenvalue weighted by Crippen LogP contribution is -2.51. The summed E-state index contributed by atoms with van der Waals surface area (Å²) in [6.45, 7) is 1.48. The second-order valence-corrected chi connectivity index (χ2v) is 8.51. The molecule has 21 heavy (non-hydrogen) atoms. The van der Waals surface area contributed by atoms with Gasteiger partial charge in [0.05, 0.1) is 22.7 Å². The summed E-state index contributed by atoms with van der Waals surface area (Å²) in [5.41, 5.74) is 2.26. The van der Waals surface area contributed by atoms with Crippen molar-refractivity contribution < 1.29 is 8.42 Å². The summed E-state index contributed by atoms with van der Waals surface area (Å²) in [5.74, 6) is 0.306. The molecule has 0 radical (unpaired) electrons. The van der Waals surface area contributed by atoms with Crippen LogP contribution in [-0.4, -0.2) is 47.1 Å². The van der Waals surface area contributed by atoms with E-state index < -0.39 is 9.84 Å². The molecule has 2 unspecified atom stereocenters. The number of benzene rings is 1. The van der Waals surface area contributed by atoms with E-state index >= 15 is 0 Å². The van der Waals surface area contributed by atoms with Crippen molar-refractivity contribution >= 4 is 20.7 Å². The Hall–Kier alpha value is -1.40. The van der Waals surface area contributed by atoms with Gasteiger partial charge in [0.25, 0.3) is 0 Å². The summed E-state index contributed by atoms with van der Waals surface area (Å²) >= 11 is 0. The van der Waals surface area contributed by atoms with Crippen LogP contribution in [0.5, 0.6) is 0 Å². The Balaban J connectivity index is 1.59. The van der Waals surface area contributed by atoms with Crippen LogP contribution in [0.2, 0.25) is 0 Å². The smallest absolute Gasteiger partial charge is 0.155 e. The topological polar surface area (TPSA) is 66.1 Å². The minimum Gasteiger partial charge on any atom is -0.294 e. The van der Waals surface area contributed by atoms with Gasteiger partial charge in [-0.05, 0) is 24.5 Å². The highest BCUT2D eigenvalue weighted by Crippen LogP contribution is 2.34. The number of rotatable bonds is 2. The highest BCUT2D eigenvalue weighted by molar-refractivity contribution is 7.92. The fraction of sp³-hybridized carbons (Fsp3) is 0.533. The van der Waals surface area contributed by atoms with E-state index in [9.17, 15) is 8.42 Å². The molecule has 1 N–H and O–H groups in total. The van der Waals surface area contributed by atoms with Crippen LogP contribution in [-0.2, 0) is 16.4 Å². The maximum atomic E-state index is 12.2. The largest absolute Gasteiger partial charge is 0.294 e. The first-order valence-corrected chi connectivity index (χ1v) is 9.23. The Kier molecular flexibility index (Phi) is 3.04. The van der Waals surface area contributed by atoms with Crippen molar-refractivity contribution in [2.24, 2.45) is 0 Å². The third-order valence-electron chi connectivity index (χ3n) is 4.90. The molecule has 1 aliphatic carbocycles. The lowest BCUT2D eigenvalue weighted by molar-refractivity contribution is 0.192. The minimum absolute atomic E-state index is 0.137. The first kappa shape index (κ1) is 13.3. The average Bonchev–Trinajstić information content (AvgIpc) is 3.10. The lowest BCUT2D eigenvalue weighted by Gasteiger charge is -2.37. The summed E-state index contributed by atoms with van der Waals surface area (Å²) in [6, 6.07) is 6.52. The molecule has 112 valence electrons. The Bertz CT molecular complexity index is 768. The first-order valence-electron chi connectivity index (χ1n) is 7.51. The predicted molar refractivity (Wildman–Crippen MR) is 81.7 cm³/mol. The number of aromatic amines is 1. The SMILES string of the molecule is O=S1(=O)CCN(Cc2ccc3cn[nH]c3c2)C2CCCC21. The molecule has 6 heteroatoms. The number of hydrogen-bond donors (Lipinski definition) is 1. The van der Waals surface area contributed by atoms with Crippen molar-refractivity contribution in [3.8, 4) is 0 Å². The van der Waals surface area contributed by atoms with Gasteiger partial charge in [-0.2, -0.15) is 5.10 Å². The van der Waals surface area contributed by atoms with Crippen LogP contribution in [0.4, 0.5) is 0 Å². The van der Waals surface area contributed by atoms with Gasteiger partial charge in [0.2, 0.25) is 0 Å². The van der Waals surface area contributed by atoms with Crippen LogP contribution in [0.1, 0.15) is 24.8 Å². The molecule has 0 amide bonds. The molecule has 1 saturated carbocycles. The van der Waals surface area contributed by atoms with E-state index in [1.165, 1.54) is 5.56 Å². The number of hydrogen-bond acceptors (Lipinski definition) is 4. The Labute approximate surface area is 124 Å². The van der Waals surface area contributed by atoms with Gasteiger partial charge >= 0.3 is 0 Å². The van der Waals surface area contributed by atoms with Gasteiger partial charge in [-0.1, -0.05) is 18.6 Å². The molecular weight excluding hydrogens is 286 g/mol. The molecule has 2 aliphatic rings. The Morgan fingerprint density at radius 3 is 3.14 bits per heavy atom. The summed E-state index contributed by atoms with van der Waals surface area (Å²) in [6.07, 6.45) is 4.70. The second kappa shape index (κ2) is 4.81. The monoisotopic (exact) mass is 305 g/mol. The van der Waals surface area contributed by atoms with Crippen molar-refractivity contribution in [2.75, 3.05) is 12.3 Å². The molecule has 2 heterocycles. The van der Waals surface area contributed by atoms with Gasteiger partial charge in [-0.25, -0.2) is 8.42 Å². The zero-order chi connectivity index (χ0) is 14.4. The average molecular weight is 305 g/mol. The van der Waals surface area contributed by atoms with E-state index in [1.54, 1.807) is 0 Å². The van der Waals surface area contributed by atoms with Gasteiger partial charge < -0.3 is 0 Å². The number of aromatic nitrogens is 2. The van der Waals surface area contributed by atoms with Gasteiger partial charge in [-0.3, -0.25) is 10.00 Å². The van der Waals surface area contributed by atoms with E-state index in [4.69, 9.17) is 0 Å². The molecule has 5 nitrogen and oxygen atoms in total. The fourth-order valence-electron chi connectivity index (χ4n) is 3.82. The number of H-pyrrole nitrogens is 1. The highest BCUT2D eigenvalue weighted by atomic mass is 32.2. The number of sulfone groups is 1. The molecule has 1 aromatic carbocycles. The molecular formula is C15H19N3O2S. The quantitative estimate of drug-likeness (QED) is 0.917. The van der Waals surface area contributed by atoms with Crippen LogP contribution in [0, 0.1) is 0 Å². The normalized spacial score (nSPS) is 28.8. The summed E-state index contributed by atoms with van der Waals surface area (Å²) in [5, 5.41) is 8.01. The van der Waals surface area contributed by atoms with E-state index in [2.05, 4.69) is 33.3 Å². The molecule has 2 atom stereocenters. The molecule has 2 aromatic rings. The molecule has 1 aliphatic heterocycles. The second-order valence-electron chi connectivity index (χ2n) is 6.17. The van der Waals surface area contributed by atoms with Gasteiger partial charge in [0, 0.05) is 24.5 Å². The van der Waals surface area contributed by atoms with Gasteiger partial charge in [0.15, 0.2) is 9.84 Å². The number of nitrogens with one attached hydrogen (secondary N) is 1. The summed E-state index contributed by atoms with van der Waals surface area (Å²) in [7, 11) is -2.87. The predicted octanol–water partition coefficient (Wildman–Crippen LogP) is 1.71. The zero-order valence-electron chi connectivity index (χ0n) is 11.8. The first-order chi connectivity index (χ1) is 10.1. The summed E-state index contributed by atoms with van der Waals surface area (Å²) in [4.78, 5) is 2.36. The maximum absolute atomic E-state index is 12.2. The van der Waals surface area contributed by atoms with Crippen LogP contribution >= 0.6 is 0 Å². The van der Waals surface area contributed by atoms with Crippen molar-refractivity contribution in [3.63, 3.8) is 0 Å². The molecule has 1 aromatic heterocycles. The van der Waals surface area contributed by atoms with Gasteiger partial charge in [-0.15, -0.1) is 0 Å². The standard InChI is InChI=1S/C15H19N3O2S/c19-21(20)7-6-18(14-2-1-3-15(14)21)10-11-4-5-12-9-16-17-13(12)8-11/h4-5,8-9,14-15H,1-3,6-7,10H2,(H,16,17). The highest BCUT2D eigenvalue weighted by Gasteiger charge is 2.43. The molecule has 2 fully saturated rings. The van der Waals surface area contributed by atoms with E-state index in [0.717, 1.165) is 36.7 Å². The van der Waals surface area contributed by atoms with Gasteiger partial charge in [0.1, 0.15) is 0 Å². The zero-order valence-corrected chi connectivity index (χ0v) is 12.6. The van der Waals surface area contributed by atoms with Crippen LogP contribution in [0.25, 0.3) is 10.9 Å². The Morgan fingerprint density at radius 1 is 1.33 bits per heavy atom. The number of fused-ring (bicyclic) bond motifs is 2. The van der Waals surface area contributed by atoms with Crippen LogP contribution < -0.4 is 0 Å².